The molecular formula is C14H31N. The van der Waals surface area contributed by atoms with Gasteiger partial charge in [0.15, 0.2) is 0 Å². The minimum absolute atomic E-state index is 0.703. The van der Waals surface area contributed by atoms with Crippen LogP contribution in [0.4, 0.5) is 0 Å². The third-order valence-corrected chi connectivity index (χ3v) is 3.23. The van der Waals surface area contributed by atoms with E-state index in [0.717, 1.165) is 0 Å². The molecular weight excluding hydrogens is 182 g/mol. The quantitative estimate of drug-likeness (QED) is 0.498. The van der Waals surface area contributed by atoms with Crippen molar-refractivity contribution in [2.75, 3.05) is 7.05 Å². The fourth-order valence-electron chi connectivity index (χ4n) is 1.91. The van der Waals surface area contributed by atoms with Crippen molar-refractivity contribution in [2.45, 2.75) is 84.1 Å². The topological polar surface area (TPSA) is 12.0 Å². The number of unbranched alkanes of at least 4 members (excludes halogenated alkanes) is 8. The van der Waals surface area contributed by atoms with Crippen molar-refractivity contribution in [1.82, 2.24) is 5.32 Å². The van der Waals surface area contributed by atoms with E-state index in [0.29, 0.717) is 6.04 Å². The second-order valence-corrected chi connectivity index (χ2v) is 4.81. The molecule has 0 fully saturated rings. The van der Waals surface area contributed by atoms with Crippen molar-refractivity contribution >= 4 is 0 Å². The van der Waals surface area contributed by atoms with Gasteiger partial charge in [0, 0.05) is 6.04 Å². The van der Waals surface area contributed by atoms with Gasteiger partial charge in [-0.05, 0) is 20.4 Å². The third kappa shape index (κ3) is 11.9. The van der Waals surface area contributed by atoms with E-state index >= 15 is 0 Å². The van der Waals surface area contributed by atoms with Crippen molar-refractivity contribution in [3.8, 4) is 0 Å². The minimum atomic E-state index is 0.703. The number of hydrogen-bond acceptors (Lipinski definition) is 1. The van der Waals surface area contributed by atoms with Gasteiger partial charge in [0.25, 0.3) is 0 Å². The molecule has 0 bridgehead atoms. The van der Waals surface area contributed by atoms with E-state index in [1.54, 1.807) is 0 Å². The summed E-state index contributed by atoms with van der Waals surface area (Å²) >= 11 is 0. The maximum absolute atomic E-state index is 3.29. The average Bonchev–Trinajstić information content (AvgIpc) is 2.26. The van der Waals surface area contributed by atoms with Crippen molar-refractivity contribution in [3.63, 3.8) is 0 Å². The SMILES string of the molecule is CCCCCCCCCCCC(C)NC. The molecule has 0 spiro atoms. The monoisotopic (exact) mass is 213 g/mol. The van der Waals surface area contributed by atoms with Gasteiger partial charge < -0.3 is 5.32 Å². The van der Waals surface area contributed by atoms with Crippen molar-refractivity contribution in [1.29, 1.82) is 0 Å². The van der Waals surface area contributed by atoms with E-state index in [2.05, 4.69) is 26.2 Å². The Morgan fingerprint density at radius 2 is 1.27 bits per heavy atom. The maximum Gasteiger partial charge on any atom is 0.00357 e. The van der Waals surface area contributed by atoms with Gasteiger partial charge in [-0.25, -0.2) is 0 Å². The van der Waals surface area contributed by atoms with Crippen molar-refractivity contribution < 1.29 is 0 Å². The van der Waals surface area contributed by atoms with Gasteiger partial charge in [-0.1, -0.05) is 64.7 Å². The molecule has 1 atom stereocenters. The molecule has 0 saturated carbocycles. The van der Waals surface area contributed by atoms with Crippen LogP contribution in [-0.2, 0) is 0 Å². The largest absolute Gasteiger partial charge is 0.317 e. The Kier molecular flexibility index (Phi) is 12.0. The molecule has 0 heterocycles. The summed E-state index contributed by atoms with van der Waals surface area (Å²) in [6, 6.07) is 0.703. The molecule has 1 heteroatoms. The molecule has 0 aliphatic heterocycles. The van der Waals surface area contributed by atoms with Gasteiger partial charge in [0.05, 0.1) is 0 Å². The normalized spacial score (nSPS) is 13.0. The van der Waals surface area contributed by atoms with Crippen LogP contribution in [0.2, 0.25) is 0 Å². The summed E-state index contributed by atoms with van der Waals surface area (Å²) in [7, 11) is 2.05. The third-order valence-electron chi connectivity index (χ3n) is 3.23. The fraction of sp³-hybridized carbons (Fsp3) is 1.00. The van der Waals surface area contributed by atoms with Crippen LogP contribution in [0.25, 0.3) is 0 Å². The van der Waals surface area contributed by atoms with Crippen LogP contribution in [0.3, 0.4) is 0 Å². The van der Waals surface area contributed by atoms with E-state index in [1.807, 2.05) is 0 Å². The standard InChI is InChI=1S/C14H31N/c1-4-5-6-7-8-9-10-11-12-13-14(2)15-3/h14-15H,4-13H2,1-3H3. The van der Waals surface area contributed by atoms with Crippen LogP contribution in [0, 0.1) is 0 Å². The van der Waals surface area contributed by atoms with Crippen LogP contribution in [-0.4, -0.2) is 13.1 Å². The smallest absolute Gasteiger partial charge is 0.00357 e. The van der Waals surface area contributed by atoms with E-state index in [4.69, 9.17) is 0 Å². The lowest BCUT2D eigenvalue weighted by atomic mass is 10.0. The van der Waals surface area contributed by atoms with E-state index in [9.17, 15) is 0 Å². The minimum Gasteiger partial charge on any atom is -0.317 e. The summed E-state index contributed by atoms with van der Waals surface area (Å²) in [6.45, 7) is 4.55. The van der Waals surface area contributed by atoms with E-state index in [1.165, 1.54) is 64.2 Å². The Morgan fingerprint density at radius 3 is 1.73 bits per heavy atom. The van der Waals surface area contributed by atoms with Crippen LogP contribution in [0.15, 0.2) is 0 Å². The first-order valence-corrected chi connectivity index (χ1v) is 6.98. The van der Waals surface area contributed by atoms with Crippen LogP contribution in [0.1, 0.15) is 78.1 Å². The van der Waals surface area contributed by atoms with Gasteiger partial charge in [0.2, 0.25) is 0 Å². The Bertz CT molecular complexity index is 112. The highest BCUT2D eigenvalue weighted by atomic mass is 14.8. The molecule has 92 valence electrons. The molecule has 0 aliphatic carbocycles. The molecule has 0 aliphatic rings. The lowest BCUT2D eigenvalue weighted by molar-refractivity contribution is 0.503. The maximum atomic E-state index is 3.29. The van der Waals surface area contributed by atoms with Gasteiger partial charge in [-0.2, -0.15) is 0 Å². The van der Waals surface area contributed by atoms with Gasteiger partial charge >= 0.3 is 0 Å². The summed E-state index contributed by atoms with van der Waals surface area (Å²) in [6.07, 6.45) is 14.2. The first kappa shape index (κ1) is 15.0. The highest BCUT2D eigenvalue weighted by molar-refractivity contribution is 4.56. The Balaban J connectivity index is 2.92. The zero-order valence-corrected chi connectivity index (χ0v) is 11.1. The number of nitrogens with one attached hydrogen (secondary N) is 1. The predicted molar refractivity (Wildman–Crippen MR) is 70.4 cm³/mol. The lowest BCUT2D eigenvalue weighted by Crippen LogP contribution is -2.20. The molecule has 0 aromatic heterocycles. The van der Waals surface area contributed by atoms with Gasteiger partial charge in [-0.3, -0.25) is 0 Å². The van der Waals surface area contributed by atoms with Crippen LogP contribution in [0.5, 0.6) is 0 Å². The lowest BCUT2D eigenvalue weighted by Gasteiger charge is -2.08. The predicted octanol–water partition coefficient (Wildman–Crippen LogP) is 4.52. The summed E-state index contributed by atoms with van der Waals surface area (Å²) in [5.74, 6) is 0. The Hall–Kier alpha value is -0.0400. The summed E-state index contributed by atoms with van der Waals surface area (Å²) in [5.41, 5.74) is 0. The van der Waals surface area contributed by atoms with Crippen molar-refractivity contribution in [3.05, 3.63) is 0 Å². The molecule has 15 heavy (non-hydrogen) atoms. The second kappa shape index (κ2) is 12.0. The number of hydrogen-bond donors (Lipinski definition) is 1. The molecule has 1 unspecified atom stereocenters. The van der Waals surface area contributed by atoms with Gasteiger partial charge in [0.1, 0.15) is 0 Å². The Labute approximate surface area is 97.0 Å². The molecule has 0 aromatic carbocycles. The summed E-state index contributed by atoms with van der Waals surface area (Å²) in [5, 5.41) is 3.29. The molecule has 0 amide bonds. The van der Waals surface area contributed by atoms with Crippen LogP contribution >= 0.6 is 0 Å². The highest BCUT2D eigenvalue weighted by Gasteiger charge is 1.97. The van der Waals surface area contributed by atoms with E-state index in [-0.39, 0.29) is 0 Å². The van der Waals surface area contributed by atoms with Crippen molar-refractivity contribution in [2.24, 2.45) is 0 Å². The van der Waals surface area contributed by atoms with E-state index < -0.39 is 0 Å². The fourth-order valence-corrected chi connectivity index (χ4v) is 1.91. The molecule has 0 aromatic rings. The average molecular weight is 213 g/mol. The van der Waals surface area contributed by atoms with Crippen LogP contribution < -0.4 is 5.32 Å². The summed E-state index contributed by atoms with van der Waals surface area (Å²) < 4.78 is 0. The summed E-state index contributed by atoms with van der Waals surface area (Å²) in [4.78, 5) is 0. The zero-order chi connectivity index (χ0) is 11.4. The zero-order valence-electron chi connectivity index (χ0n) is 11.1. The molecule has 1 nitrogen and oxygen atoms in total. The molecule has 1 N–H and O–H groups in total. The molecule has 0 radical (unpaired) electrons. The van der Waals surface area contributed by atoms with Gasteiger partial charge in [-0.15, -0.1) is 0 Å². The second-order valence-electron chi connectivity index (χ2n) is 4.81. The molecule has 0 rings (SSSR count). The first-order chi connectivity index (χ1) is 7.31. The Morgan fingerprint density at radius 1 is 0.800 bits per heavy atom. The highest BCUT2D eigenvalue weighted by Crippen LogP contribution is 2.11. The number of rotatable bonds is 11. The molecule has 0 saturated heterocycles. The first-order valence-electron chi connectivity index (χ1n) is 6.98.